The van der Waals surface area contributed by atoms with Crippen molar-refractivity contribution in [2.45, 2.75) is 25.7 Å². The van der Waals surface area contributed by atoms with E-state index in [2.05, 4.69) is 4.98 Å². The van der Waals surface area contributed by atoms with Crippen LogP contribution in [0.15, 0.2) is 12.5 Å². The second-order valence-electron chi connectivity index (χ2n) is 2.60. The Hall–Kier alpha value is -1.04. The van der Waals surface area contributed by atoms with Gasteiger partial charge in [-0.2, -0.15) is 13.2 Å². The van der Waals surface area contributed by atoms with Gasteiger partial charge in [0, 0.05) is 6.54 Å². The highest BCUT2D eigenvalue weighted by molar-refractivity contribution is 4.95. The highest BCUT2D eigenvalue weighted by Gasteiger charge is 2.26. The topological polar surface area (TPSA) is 38.1 Å². The molecule has 0 saturated heterocycles. The molecule has 0 fully saturated rings. The summed E-state index contributed by atoms with van der Waals surface area (Å²) in [5.74, 6) is 0. The first-order valence-electron chi connectivity index (χ1n) is 3.69. The van der Waals surface area contributed by atoms with Crippen LogP contribution in [-0.4, -0.2) is 20.8 Å². The molecule has 6 heteroatoms. The minimum Gasteiger partial charge on any atom is -0.390 e. The Morgan fingerprint density at radius 2 is 2.15 bits per heavy atom. The van der Waals surface area contributed by atoms with Gasteiger partial charge in [-0.25, -0.2) is 4.98 Å². The van der Waals surface area contributed by atoms with E-state index < -0.39 is 12.6 Å². The smallest absolute Gasteiger partial charge is 0.390 e. The third kappa shape index (κ3) is 3.06. The fourth-order valence-corrected chi connectivity index (χ4v) is 0.928. The van der Waals surface area contributed by atoms with Crippen LogP contribution in [0.25, 0.3) is 0 Å². The number of aliphatic hydroxyl groups is 1. The fourth-order valence-electron chi connectivity index (χ4n) is 0.928. The lowest BCUT2D eigenvalue weighted by Gasteiger charge is -2.08. The predicted octanol–water partition coefficient (Wildman–Crippen LogP) is 1.33. The molecule has 0 saturated carbocycles. The van der Waals surface area contributed by atoms with Crippen molar-refractivity contribution in [2.75, 3.05) is 0 Å². The number of aryl methyl sites for hydroxylation is 1. The molecule has 0 bridgehead atoms. The number of rotatable bonds is 3. The maximum absolute atomic E-state index is 11.8. The monoisotopic (exact) mass is 194 g/mol. The summed E-state index contributed by atoms with van der Waals surface area (Å²) in [5, 5.41) is 8.69. The van der Waals surface area contributed by atoms with E-state index in [1.54, 1.807) is 0 Å². The van der Waals surface area contributed by atoms with Gasteiger partial charge >= 0.3 is 6.18 Å². The molecule has 0 spiro atoms. The molecular formula is C7H9F3N2O. The average molecular weight is 194 g/mol. The maximum Gasteiger partial charge on any atom is 0.390 e. The number of hydrogen-bond donors (Lipinski definition) is 1. The molecule has 3 nitrogen and oxygen atoms in total. The molecule has 0 unspecified atom stereocenters. The normalized spacial score (nSPS) is 12.0. The van der Waals surface area contributed by atoms with Crippen LogP contribution >= 0.6 is 0 Å². The van der Waals surface area contributed by atoms with Gasteiger partial charge in [-0.3, -0.25) is 0 Å². The van der Waals surface area contributed by atoms with Crippen molar-refractivity contribution in [2.24, 2.45) is 0 Å². The van der Waals surface area contributed by atoms with Gasteiger partial charge in [0.2, 0.25) is 0 Å². The van der Waals surface area contributed by atoms with Crippen LogP contribution in [0.4, 0.5) is 13.2 Å². The second kappa shape index (κ2) is 3.78. The summed E-state index contributed by atoms with van der Waals surface area (Å²) in [6.07, 6.45) is -2.46. The highest BCUT2D eigenvalue weighted by Crippen LogP contribution is 2.20. The molecule has 0 radical (unpaired) electrons. The van der Waals surface area contributed by atoms with Crippen molar-refractivity contribution in [3.05, 3.63) is 18.2 Å². The zero-order chi connectivity index (χ0) is 9.90. The highest BCUT2D eigenvalue weighted by atomic mass is 19.4. The third-order valence-corrected chi connectivity index (χ3v) is 1.60. The van der Waals surface area contributed by atoms with E-state index in [0.29, 0.717) is 5.69 Å². The maximum atomic E-state index is 11.8. The Morgan fingerprint density at radius 3 is 2.69 bits per heavy atom. The Labute approximate surface area is 72.8 Å². The molecule has 1 heterocycles. The van der Waals surface area contributed by atoms with Crippen LogP contribution in [0.2, 0.25) is 0 Å². The minimum absolute atomic E-state index is 0.195. The van der Waals surface area contributed by atoms with Crippen molar-refractivity contribution < 1.29 is 18.3 Å². The first-order chi connectivity index (χ1) is 6.03. The molecule has 1 rings (SSSR count). The fraction of sp³-hybridized carbons (Fsp3) is 0.571. The first-order valence-corrected chi connectivity index (χ1v) is 3.69. The number of nitrogens with zero attached hydrogens (tertiary/aromatic N) is 2. The van der Waals surface area contributed by atoms with E-state index in [4.69, 9.17) is 5.11 Å². The number of halogens is 3. The standard InChI is InChI=1S/C7H9F3N2O/c8-7(9,10)1-2-12-5-11-3-6(12)4-13/h3,5,13H,1-2,4H2. The third-order valence-electron chi connectivity index (χ3n) is 1.60. The van der Waals surface area contributed by atoms with Crippen molar-refractivity contribution in [3.8, 4) is 0 Å². The van der Waals surface area contributed by atoms with Crippen molar-refractivity contribution in [3.63, 3.8) is 0 Å². The van der Waals surface area contributed by atoms with Gasteiger partial charge in [0.15, 0.2) is 0 Å². The van der Waals surface area contributed by atoms with E-state index in [9.17, 15) is 13.2 Å². The molecule has 1 aromatic heterocycles. The molecule has 1 aromatic rings. The minimum atomic E-state index is -4.17. The van der Waals surface area contributed by atoms with Crippen LogP contribution < -0.4 is 0 Å². The number of hydrogen-bond acceptors (Lipinski definition) is 2. The number of imidazole rings is 1. The number of aliphatic hydroxyl groups excluding tert-OH is 1. The molecule has 74 valence electrons. The van der Waals surface area contributed by atoms with E-state index in [0.717, 1.165) is 0 Å². The van der Waals surface area contributed by atoms with Crippen molar-refractivity contribution >= 4 is 0 Å². The van der Waals surface area contributed by atoms with E-state index in [1.807, 2.05) is 0 Å². The molecular weight excluding hydrogens is 185 g/mol. The van der Waals surface area contributed by atoms with Crippen LogP contribution in [0, 0.1) is 0 Å². The Morgan fingerprint density at radius 1 is 1.46 bits per heavy atom. The zero-order valence-electron chi connectivity index (χ0n) is 6.75. The Kier molecular flexibility index (Phi) is 2.92. The molecule has 0 aliphatic heterocycles. The van der Waals surface area contributed by atoms with Crippen molar-refractivity contribution in [1.82, 2.24) is 9.55 Å². The lowest BCUT2D eigenvalue weighted by molar-refractivity contribution is -0.136. The van der Waals surface area contributed by atoms with Gasteiger partial charge in [-0.15, -0.1) is 0 Å². The van der Waals surface area contributed by atoms with Gasteiger partial charge < -0.3 is 9.67 Å². The van der Waals surface area contributed by atoms with Crippen LogP contribution in [0.1, 0.15) is 12.1 Å². The largest absolute Gasteiger partial charge is 0.390 e. The zero-order valence-corrected chi connectivity index (χ0v) is 6.75. The number of alkyl halides is 3. The van der Waals surface area contributed by atoms with Crippen LogP contribution in [-0.2, 0) is 13.2 Å². The lowest BCUT2D eigenvalue weighted by atomic mass is 10.4. The molecule has 0 aliphatic carbocycles. The van der Waals surface area contributed by atoms with Crippen LogP contribution in [0.3, 0.4) is 0 Å². The van der Waals surface area contributed by atoms with Crippen molar-refractivity contribution in [1.29, 1.82) is 0 Å². The molecule has 0 aromatic carbocycles. The average Bonchev–Trinajstić information content (AvgIpc) is 2.46. The summed E-state index contributed by atoms with van der Waals surface area (Å²) in [5.41, 5.74) is 0.393. The van der Waals surface area contributed by atoms with Gasteiger partial charge in [0.25, 0.3) is 0 Å². The molecule has 0 amide bonds. The van der Waals surface area contributed by atoms with E-state index in [1.165, 1.54) is 17.1 Å². The summed E-state index contributed by atoms with van der Waals surface area (Å²) >= 11 is 0. The molecule has 0 atom stereocenters. The summed E-state index contributed by atoms with van der Waals surface area (Å²) < 4.78 is 36.6. The van der Waals surface area contributed by atoms with Gasteiger partial charge in [0.05, 0.1) is 31.2 Å². The second-order valence-corrected chi connectivity index (χ2v) is 2.60. The summed E-state index contributed by atoms with van der Waals surface area (Å²) in [6, 6.07) is 0. The predicted molar refractivity (Wildman–Crippen MR) is 38.8 cm³/mol. The van der Waals surface area contributed by atoms with Gasteiger partial charge in [-0.1, -0.05) is 0 Å². The summed E-state index contributed by atoms with van der Waals surface area (Å²) in [6.45, 7) is -0.489. The SMILES string of the molecule is OCc1cncn1CCC(F)(F)F. The lowest BCUT2D eigenvalue weighted by Crippen LogP contribution is -2.13. The number of aromatic nitrogens is 2. The van der Waals surface area contributed by atoms with E-state index in [-0.39, 0.29) is 13.2 Å². The molecule has 0 aliphatic rings. The molecule has 1 N–H and O–H groups in total. The van der Waals surface area contributed by atoms with Gasteiger partial charge in [0.1, 0.15) is 0 Å². The summed E-state index contributed by atoms with van der Waals surface area (Å²) in [7, 11) is 0. The van der Waals surface area contributed by atoms with Gasteiger partial charge in [-0.05, 0) is 0 Å². The molecule has 13 heavy (non-hydrogen) atoms. The van der Waals surface area contributed by atoms with E-state index >= 15 is 0 Å². The quantitative estimate of drug-likeness (QED) is 0.788. The summed E-state index contributed by atoms with van der Waals surface area (Å²) in [4.78, 5) is 3.63. The van der Waals surface area contributed by atoms with Crippen LogP contribution in [0.5, 0.6) is 0 Å². The first kappa shape index (κ1) is 10.0. The Bertz CT molecular complexity index is 269. The Balaban J connectivity index is 2.54.